The number of carboxylic acid groups (broad SMARTS) is 1. The topological polar surface area (TPSA) is 76.1 Å². The Kier molecular flexibility index (Phi) is 10.2. The van der Waals surface area contributed by atoms with E-state index in [1.54, 1.807) is 19.1 Å². The quantitative estimate of drug-likeness (QED) is 0.254. The molecule has 0 radical (unpaired) electrons. The van der Waals surface area contributed by atoms with Crippen molar-refractivity contribution >= 4 is 46.3 Å². The number of thioether (sulfide) groups is 1. The fourth-order valence-corrected chi connectivity index (χ4v) is 4.53. The van der Waals surface area contributed by atoms with Gasteiger partial charge in [-0.2, -0.15) is 0 Å². The van der Waals surface area contributed by atoms with Crippen LogP contribution < -0.4 is 9.47 Å². The summed E-state index contributed by atoms with van der Waals surface area (Å²) in [5, 5.41) is 8.62. The van der Waals surface area contributed by atoms with Crippen LogP contribution in [0.3, 0.4) is 0 Å². The van der Waals surface area contributed by atoms with Gasteiger partial charge in [0.15, 0.2) is 11.5 Å². The molecule has 1 N–H and O–H groups in total. The Labute approximate surface area is 187 Å². The summed E-state index contributed by atoms with van der Waals surface area (Å²) in [4.78, 5) is 25.5. The number of rotatable bonds is 13. The number of carboxylic acids is 1. The average molecular weight is 452 g/mol. The number of aliphatic carboxylic acids is 1. The predicted molar refractivity (Wildman–Crippen MR) is 124 cm³/mol. The van der Waals surface area contributed by atoms with E-state index in [-0.39, 0.29) is 12.3 Å². The average Bonchev–Trinajstić information content (AvgIpc) is 2.99. The lowest BCUT2D eigenvalue weighted by Crippen LogP contribution is -2.29. The molecular formula is C22H29NO5S2. The van der Waals surface area contributed by atoms with Crippen molar-refractivity contribution in [1.82, 2.24) is 4.90 Å². The van der Waals surface area contributed by atoms with Crippen LogP contribution in [-0.2, 0) is 9.59 Å². The Hall–Kier alpha value is -2.06. The molecular weight excluding hydrogens is 422 g/mol. The first-order valence-corrected chi connectivity index (χ1v) is 11.4. The van der Waals surface area contributed by atoms with Crippen molar-refractivity contribution in [2.24, 2.45) is 0 Å². The van der Waals surface area contributed by atoms with Crippen LogP contribution in [0.15, 0.2) is 23.1 Å². The molecule has 0 atom stereocenters. The fourth-order valence-electron chi connectivity index (χ4n) is 3.22. The summed E-state index contributed by atoms with van der Waals surface area (Å²) in [6.07, 6.45) is 8.98. The van der Waals surface area contributed by atoms with Crippen molar-refractivity contribution in [1.29, 1.82) is 0 Å². The van der Waals surface area contributed by atoms with Gasteiger partial charge in [-0.05, 0) is 36.6 Å². The number of amides is 1. The van der Waals surface area contributed by atoms with E-state index in [9.17, 15) is 9.59 Å². The van der Waals surface area contributed by atoms with Gasteiger partial charge < -0.3 is 14.6 Å². The summed E-state index contributed by atoms with van der Waals surface area (Å²) in [6, 6.07) is 5.53. The number of carbonyl (C=O) groups is 2. The number of benzene rings is 1. The zero-order valence-corrected chi connectivity index (χ0v) is 19.2. The molecule has 0 saturated carbocycles. The number of hydrogen-bond acceptors (Lipinski definition) is 6. The van der Waals surface area contributed by atoms with E-state index in [1.807, 2.05) is 24.3 Å². The molecule has 30 heavy (non-hydrogen) atoms. The van der Waals surface area contributed by atoms with Crippen molar-refractivity contribution < 1.29 is 24.2 Å². The second-order valence-corrected chi connectivity index (χ2v) is 8.74. The molecule has 0 bridgehead atoms. The van der Waals surface area contributed by atoms with Gasteiger partial charge >= 0.3 is 5.97 Å². The maximum absolute atomic E-state index is 12.7. The minimum atomic E-state index is -0.723. The molecule has 1 fully saturated rings. The van der Waals surface area contributed by atoms with Gasteiger partial charge in [-0.3, -0.25) is 14.5 Å². The molecule has 6 nitrogen and oxygen atoms in total. The molecule has 0 unspecified atom stereocenters. The highest BCUT2D eigenvalue weighted by Crippen LogP contribution is 2.34. The smallest absolute Gasteiger partial charge is 0.303 e. The second kappa shape index (κ2) is 12.6. The van der Waals surface area contributed by atoms with E-state index in [0.717, 1.165) is 50.5 Å². The first-order valence-electron chi connectivity index (χ1n) is 10.2. The van der Waals surface area contributed by atoms with Crippen molar-refractivity contribution in [3.8, 4) is 11.5 Å². The van der Waals surface area contributed by atoms with Crippen LogP contribution in [-0.4, -0.2) is 47.0 Å². The Balaban J connectivity index is 1.78. The van der Waals surface area contributed by atoms with Gasteiger partial charge in [0.05, 0.1) is 19.1 Å². The molecule has 0 spiro atoms. The molecule has 0 aliphatic carbocycles. The molecule has 2 rings (SSSR count). The molecule has 1 aromatic rings. The number of methoxy groups -OCH3 is 2. The number of hydrogen-bond donors (Lipinski definition) is 1. The van der Waals surface area contributed by atoms with E-state index >= 15 is 0 Å². The van der Waals surface area contributed by atoms with Crippen LogP contribution in [0.4, 0.5) is 0 Å². The van der Waals surface area contributed by atoms with Gasteiger partial charge in [-0.1, -0.05) is 62.2 Å². The zero-order valence-electron chi connectivity index (χ0n) is 17.5. The van der Waals surface area contributed by atoms with Crippen LogP contribution in [0.25, 0.3) is 6.08 Å². The summed E-state index contributed by atoms with van der Waals surface area (Å²) < 4.78 is 11.2. The molecule has 1 aromatic carbocycles. The number of unbranched alkanes of at least 4 members (excludes halogenated alkanes) is 6. The predicted octanol–water partition coefficient (Wildman–Crippen LogP) is 5.11. The summed E-state index contributed by atoms with van der Waals surface area (Å²) in [7, 11) is 3.17. The number of ether oxygens (including phenoxy) is 2. The molecule has 8 heteroatoms. The highest BCUT2D eigenvalue weighted by atomic mass is 32.2. The largest absolute Gasteiger partial charge is 0.493 e. The number of carbonyl (C=O) groups excluding carboxylic acids is 1. The van der Waals surface area contributed by atoms with Crippen LogP contribution >= 0.6 is 24.0 Å². The SMILES string of the molecule is COc1ccc(/C=C2\SC(=S)N(CCCCCCCCCC(=O)O)C2=O)cc1OC. The van der Waals surface area contributed by atoms with E-state index in [4.69, 9.17) is 26.8 Å². The van der Waals surface area contributed by atoms with E-state index in [1.165, 1.54) is 11.8 Å². The van der Waals surface area contributed by atoms with Gasteiger partial charge in [0.2, 0.25) is 0 Å². The third-order valence-electron chi connectivity index (χ3n) is 4.85. The Morgan fingerprint density at radius 2 is 1.70 bits per heavy atom. The highest BCUT2D eigenvalue weighted by molar-refractivity contribution is 8.26. The third kappa shape index (κ3) is 7.32. The Bertz CT molecular complexity index is 794. The van der Waals surface area contributed by atoms with Crippen LogP contribution in [0.1, 0.15) is 56.9 Å². The highest BCUT2D eigenvalue weighted by Gasteiger charge is 2.31. The molecule has 1 aliphatic rings. The van der Waals surface area contributed by atoms with Gasteiger partial charge in [0, 0.05) is 13.0 Å². The maximum Gasteiger partial charge on any atom is 0.303 e. The second-order valence-electron chi connectivity index (χ2n) is 7.07. The molecule has 164 valence electrons. The molecule has 1 amide bonds. The molecule has 0 aromatic heterocycles. The summed E-state index contributed by atoms with van der Waals surface area (Å²) in [5.74, 6) is 0.487. The third-order valence-corrected chi connectivity index (χ3v) is 6.23. The van der Waals surface area contributed by atoms with Crippen LogP contribution in [0.5, 0.6) is 11.5 Å². The van der Waals surface area contributed by atoms with Crippen LogP contribution in [0.2, 0.25) is 0 Å². The molecule has 1 saturated heterocycles. The maximum atomic E-state index is 12.7. The van der Waals surface area contributed by atoms with Gasteiger partial charge in [0.1, 0.15) is 4.32 Å². The van der Waals surface area contributed by atoms with Crippen LogP contribution in [0, 0.1) is 0 Å². The minimum absolute atomic E-state index is 0.0477. The zero-order chi connectivity index (χ0) is 21.9. The first-order chi connectivity index (χ1) is 14.5. The molecule has 1 aliphatic heterocycles. The van der Waals surface area contributed by atoms with E-state index < -0.39 is 5.97 Å². The first kappa shape index (κ1) is 24.2. The monoisotopic (exact) mass is 451 g/mol. The fraction of sp³-hybridized carbons (Fsp3) is 0.500. The minimum Gasteiger partial charge on any atom is -0.493 e. The standard InChI is InChI=1S/C22H29NO5S2/c1-27-17-12-11-16(14-18(17)28-2)15-19-21(26)23(22(29)30-19)13-9-7-5-3-4-6-8-10-20(24)25/h11-12,14-15H,3-10,13H2,1-2H3,(H,24,25)/b19-15-. The van der Waals surface area contributed by atoms with Crippen molar-refractivity contribution in [2.45, 2.75) is 51.4 Å². The summed E-state index contributed by atoms with van der Waals surface area (Å²) in [5.41, 5.74) is 0.857. The number of nitrogens with zero attached hydrogens (tertiary/aromatic N) is 1. The Morgan fingerprint density at radius 3 is 2.33 bits per heavy atom. The van der Waals surface area contributed by atoms with Crippen molar-refractivity contribution in [3.63, 3.8) is 0 Å². The van der Waals surface area contributed by atoms with Crippen molar-refractivity contribution in [2.75, 3.05) is 20.8 Å². The summed E-state index contributed by atoms with van der Waals surface area (Å²) in [6.45, 7) is 0.632. The lowest BCUT2D eigenvalue weighted by atomic mass is 10.1. The van der Waals surface area contributed by atoms with Gasteiger partial charge in [-0.15, -0.1) is 0 Å². The van der Waals surface area contributed by atoms with Gasteiger partial charge in [-0.25, -0.2) is 0 Å². The van der Waals surface area contributed by atoms with E-state index in [2.05, 4.69) is 0 Å². The molecule has 1 heterocycles. The number of thiocarbonyl (C=S) groups is 1. The van der Waals surface area contributed by atoms with Gasteiger partial charge in [0.25, 0.3) is 5.91 Å². The lowest BCUT2D eigenvalue weighted by molar-refractivity contribution is -0.137. The van der Waals surface area contributed by atoms with Crippen molar-refractivity contribution in [3.05, 3.63) is 28.7 Å². The normalized spacial score (nSPS) is 15.1. The lowest BCUT2D eigenvalue weighted by Gasteiger charge is -2.14. The van der Waals surface area contributed by atoms with E-state index in [0.29, 0.717) is 27.3 Å². The summed E-state index contributed by atoms with van der Waals surface area (Å²) >= 11 is 6.73. The Morgan fingerprint density at radius 1 is 1.07 bits per heavy atom.